The molecule has 0 fully saturated rings. The molecule has 0 atom stereocenters. The summed E-state index contributed by atoms with van der Waals surface area (Å²) in [6, 6.07) is 20.9. The quantitative estimate of drug-likeness (QED) is 0.0210. The van der Waals surface area contributed by atoms with Crippen molar-refractivity contribution in [1.29, 1.82) is 0 Å². The Labute approximate surface area is 451 Å². The predicted octanol–water partition coefficient (Wildman–Crippen LogP) is 11.2. The summed E-state index contributed by atoms with van der Waals surface area (Å²) >= 11 is 0. The third kappa shape index (κ3) is 17.7. The number of phenols is 1. The lowest BCUT2D eigenvalue weighted by molar-refractivity contribution is 0.0523. The van der Waals surface area contributed by atoms with Crippen molar-refractivity contribution in [2.24, 2.45) is 0 Å². The molecule has 19 heteroatoms. The van der Waals surface area contributed by atoms with Crippen LogP contribution in [0.25, 0.3) is 0 Å². The van der Waals surface area contributed by atoms with Gasteiger partial charge in [0.1, 0.15) is 47.3 Å². The highest BCUT2D eigenvalue weighted by Gasteiger charge is 2.34. The minimum atomic E-state index is -4.12. The summed E-state index contributed by atoms with van der Waals surface area (Å²) in [6.07, 6.45) is 5.04. The summed E-state index contributed by atoms with van der Waals surface area (Å²) < 4.78 is 64.1. The number of carbonyl (C=O) groups excluding carboxylic acids is 2. The van der Waals surface area contributed by atoms with Gasteiger partial charge < -0.3 is 47.6 Å². The fourth-order valence-corrected chi connectivity index (χ4v) is 12.2. The minimum Gasteiger partial charge on any atom is -0.507 e. The van der Waals surface area contributed by atoms with E-state index >= 15 is 0 Å². The highest BCUT2D eigenvalue weighted by molar-refractivity contribution is 7.53. The van der Waals surface area contributed by atoms with Gasteiger partial charge in [-0.25, -0.2) is 9.59 Å². The Morgan fingerprint density at radius 1 is 0.684 bits per heavy atom. The second-order valence-corrected chi connectivity index (χ2v) is 30.0. The molecule has 3 N–H and O–H groups in total. The number of esters is 2. The summed E-state index contributed by atoms with van der Waals surface area (Å²) in [7, 11) is -5.47. The third-order valence-corrected chi connectivity index (χ3v) is 17.7. The average Bonchev–Trinajstić information content (AvgIpc) is 3.96. The topological polar surface area (TPSA) is 200 Å². The zero-order valence-corrected chi connectivity index (χ0v) is 49.2. The van der Waals surface area contributed by atoms with Gasteiger partial charge in [0.25, 0.3) is 0 Å². The van der Waals surface area contributed by atoms with Crippen LogP contribution in [-0.4, -0.2) is 117 Å². The number of fused-ring (bicyclic) bond motifs is 2. The molecule has 0 aromatic heterocycles. The van der Waals surface area contributed by atoms with Gasteiger partial charge in [-0.3, -0.25) is 18.9 Å². The van der Waals surface area contributed by atoms with Crippen LogP contribution in [-0.2, 0) is 66.8 Å². The Morgan fingerprint density at radius 2 is 1.13 bits per heavy atom. The number of aromatic hydroxyl groups is 1. The lowest BCUT2D eigenvalue weighted by Gasteiger charge is -2.25. The molecule has 6 rings (SSSR count). The fourth-order valence-electron chi connectivity index (χ4n) is 9.25. The van der Waals surface area contributed by atoms with Crippen molar-refractivity contribution in [1.82, 2.24) is 9.80 Å². The van der Waals surface area contributed by atoms with Crippen molar-refractivity contribution < 1.29 is 66.3 Å². The molecular weight excluding hydrogens is 1030 g/mol. The number of rotatable bonds is 28. The maximum atomic E-state index is 13.2. The van der Waals surface area contributed by atoms with Crippen molar-refractivity contribution in [2.75, 3.05) is 72.5 Å². The number of cyclic esters (lactones) is 2. The second-order valence-electron chi connectivity index (χ2n) is 20.4. The Hall–Kier alpha value is -5.06. The molecule has 0 bridgehead atoms. The van der Waals surface area contributed by atoms with E-state index in [0.717, 1.165) is 50.8 Å². The van der Waals surface area contributed by atoms with Crippen molar-refractivity contribution in [3.8, 4) is 23.0 Å². The van der Waals surface area contributed by atoms with E-state index in [4.69, 9.17) is 32.7 Å². The maximum absolute atomic E-state index is 13.2. The summed E-state index contributed by atoms with van der Waals surface area (Å²) in [4.78, 5) is 47.8. The molecule has 2 heterocycles. The molecule has 0 saturated carbocycles. The van der Waals surface area contributed by atoms with Crippen LogP contribution in [0, 0.1) is 13.8 Å². The third-order valence-electron chi connectivity index (χ3n) is 13.2. The molecule has 2 aliphatic heterocycles. The van der Waals surface area contributed by atoms with Crippen LogP contribution in [0.3, 0.4) is 0 Å². The van der Waals surface area contributed by atoms with Crippen LogP contribution in [0.1, 0.15) is 92.9 Å². The first-order valence-corrected chi connectivity index (χ1v) is 33.1. The number of benzene rings is 4. The number of hydrogen-bond donors (Lipinski definition) is 3. The van der Waals surface area contributed by atoms with E-state index in [1.54, 1.807) is 7.11 Å². The van der Waals surface area contributed by atoms with Crippen molar-refractivity contribution in [3.63, 3.8) is 0 Å². The van der Waals surface area contributed by atoms with Gasteiger partial charge in [0.15, 0.2) is 0 Å². The fraction of sp³-hybridized carbons (Fsp3) is 0.474. The largest absolute Gasteiger partial charge is 0.507 e. The number of carbonyl (C=O) groups is 2. The van der Waals surface area contributed by atoms with Gasteiger partial charge in [-0.05, 0) is 82.7 Å². The summed E-state index contributed by atoms with van der Waals surface area (Å²) in [6.45, 7) is 23.2. The summed E-state index contributed by atoms with van der Waals surface area (Å²) in [5, 5.41) is 10.8. The van der Waals surface area contributed by atoms with Crippen LogP contribution >= 0.6 is 15.2 Å². The second kappa shape index (κ2) is 28.5. The van der Waals surface area contributed by atoms with Crippen molar-refractivity contribution >= 4 is 35.2 Å². The Bertz CT molecular complexity index is 2760. The van der Waals surface area contributed by atoms with Gasteiger partial charge in [0.2, 0.25) is 0 Å². The molecule has 2 aliphatic rings. The van der Waals surface area contributed by atoms with Crippen LogP contribution in [0.4, 0.5) is 0 Å². The maximum Gasteiger partial charge on any atom is 0.342 e. The highest BCUT2D eigenvalue weighted by Crippen LogP contribution is 2.48. The van der Waals surface area contributed by atoms with E-state index < -0.39 is 29.2 Å². The Morgan fingerprint density at radius 3 is 1.59 bits per heavy atom. The summed E-state index contributed by atoms with van der Waals surface area (Å²) in [5.74, 6) is 0.838. The number of nitrogens with zero attached hydrogens (tertiary/aromatic N) is 2. The SMILES string of the molecule is CCOP(=O)(CCN(C/C(C)=C/Cc1c(OC)c(C)c2c(c1OCC[Si](C)(C)C)C(=O)OC2)Cc1ccccc1)OCC.COc1c(C)c2c(c(O)c1C/C=C(\C)CN(CCP(=O)(O)O)Cc1ccccc1)C(=O)OC2. The molecule has 76 heavy (non-hydrogen) atoms. The van der Waals surface area contributed by atoms with E-state index in [9.17, 15) is 33.6 Å². The van der Waals surface area contributed by atoms with Crippen LogP contribution in [0.2, 0.25) is 25.7 Å². The molecular formula is C57H80N2O14P2Si. The molecule has 416 valence electrons. The van der Waals surface area contributed by atoms with Crippen molar-refractivity contribution in [3.05, 3.63) is 140 Å². The molecule has 0 amide bonds. The molecule has 0 spiro atoms. The van der Waals surface area contributed by atoms with Gasteiger partial charge in [-0.2, -0.15) is 0 Å². The molecule has 0 aliphatic carbocycles. The normalized spacial score (nSPS) is 13.8. The van der Waals surface area contributed by atoms with Gasteiger partial charge in [0.05, 0.1) is 46.4 Å². The van der Waals surface area contributed by atoms with E-state index in [1.807, 2.05) is 94.1 Å². The van der Waals surface area contributed by atoms with Gasteiger partial charge in [0, 0.05) is 69.6 Å². The standard InChI is InChI=1S/C33H50NO7PSi.C24H30NO7P/c1-9-40-42(36,41-10-2)20-18-34(23-27-14-12-11-13-15-27)22-25(3)16-17-28-31(37-5)26(4)29-24-39-33(35)30(29)32(28)38-19-21-43(6,7)8;1-16(13-25(11-12-33(28,29)30)14-18-7-5-4-6-8-18)9-10-19-22(26)21-20(15-32-24(21)27)17(2)23(19)31-3/h11-16H,9-10,17-24H2,1-8H3;4-9,26H,10-15H2,1-3H3,(H2,28,29,30)/b25-16+;16-9+. The van der Waals surface area contributed by atoms with Gasteiger partial charge >= 0.3 is 27.1 Å². The van der Waals surface area contributed by atoms with Crippen LogP contribution in [0.5, 0.6) is 23.0 Å². The highest BCUT2D eigenvalue weighted by atomic mass is 31.2. The number of ether oxygens (including phenoxy) is 5. The molecule has 4 aromatic rings. The number of methoxy groups -OCH3 is 2. The Balaban J connectivity index is 0.000000290. The molecule has 0 radical (unpaired) electrons. The smallest absolute Gasteiger partial charge is 0.342 e. The van der Waals surface area contributed by atoms with E-state index in [1.165, 1.54) is 12.7 Å². The van der Waals surface area contributed by atoms with E-state index in [-0.39, 0.29) is 43.2 Å². The van der Waals surface area contributed by atoms with E-state index in [0.29, 0.717) is 99.7 Å². The first-order valence-electron chi connectivity index (χ1n) is 25.9. The molecule has 0 unspecified atom stereocenters. The predicted molar refractivity (Wildman–Crippen MR) is 300 cm³/mol. The first kappa shape index (κ1) is 61.8. The lowest BCUT2D eigenvalue weighted by Crippen LogP contribution is -2.29. The number of phenolic OH excluding ortho intramolecular Hbond substituents is 1. The van der Waals surface area contributed by atoms with Crippen LogP contribution < -0.4 is 14.2 Å². The molecule has 4 aromatic carbocycles. The zero-order chi connectivity index (χ0) is 55.8. The molecule has 0 saturated heterocycles. The Kier molecular flexibility index (Phi) is 23.2. The summed E-state index contributed by atoms with van der Waals surface area (Å²) in [5.41, 5.74) is 9.57. The number of hydrogen-bond acceptors (Lipinski definition) is 14. The zero-order valence-electron chi connectivity index (χ0n) is 46.4. The van der Waals surface area contributed by atoms with Crippen LogP contribution in [0.15, 0.2) is 84.0 Å². The van der Waals surface area contributed by atoms with E-state index in [2.05, 4.69) is 49.7 Å². The minimum absolute atomic E-state index is 0.118. The average molecular weight is 1110 g/mol. The first-order chi connectivity index (χ1) is 36.0. The van der Waals surface area contributed by atoms with Gasteiger partial charge in [-0.15, -0.1) is 0 Å². The number of allylic oxidation sites excluding steroid dienone is 2. The van der Waals surface area contributed by atoms with Gasteiger partial charge in [-0.1, -0.05) is 104 Å². The molecule has 16 nitrogen and oxygen atoms in total. The lowest BCUT2D eigenvalue weighted by atomic mass is 9.94. The monoisotopic (exact) mass is 1110 g/mol. The van der Waals surface area contributed by atoms with Crippen molar-refractivity contribution in [2.45, 2.75) is 106 Å².